The van der Waals surface area contributed by atoms with E-state index in [1.54, 1.807) is 12.1 Å². The second kappa shape index (κ2) is 6.92. The van der Waals surface area contributed by atoms with E-state index in [2.05, 4.69) is 12.1 Å². The maximum atomic E-state index is 13.5. The van der Waals surface area contributed by atoms with Crippen LogP contribution in [0.5, 0.6) is 0 Å². The highest BCUT2D eigenvalue weighted by Gasteiger charge is 2.18. The van der Waals surface area contributed by atoms with E-state index in [-0.39, 0.29) is 11.5 Å². The summed E-state index contributed by atoms with van der Waals surface area (Å²) < 4.78 is 0. The molecule has 0 atom stereocenters. The van der Waals surface area contributed by atoms with Crippen LogP contribution in [0.1, 0.15) is 21.5 Å². The lowest BCUT2D eigenvalue weighted by Crippen LogP contribution is -2.20. The van der Waals surface area contributed by atoms with Gasteiger partial charge in [-0.25, -0.2) is 0 Å². The summed E-state index contributed by atoms with van der Waals surface area (Å²) in [5.41, 5.74) is 1.79. The largest absolute Gasteiger partial charge is 0.507 e. The molecule has 0 radical (unpaired) electrons. The highest BCUT2D eigenvalue weighted by atomic mass is 16.3. The van der Waals surface area contributed by atoms with E-state index < -0.39 is 0 Å². The van der Waals surface area contributed by atoms with E-state index in [0.29, 0.717) is 21.9 Å². The summed E-state index contributed by atoms with van der Waals surface area (Å²) in [5, 5.41) is 15.9. The minimum absolute atomic E-state index is 0.102. The normalized spacial score (nSPS) is 12.3. The number of benzene rings is 5. The highest BCUT2D eigenvalue weighted by molar-refractivity contribution is 6.17. The molecular weight excluding hydrogens is 356 g/mol. The molecule has 0 saturated carbocycles. The summed E-state index contributed by atoms with van der Waals surface area (Å²) >= 11 is 0. The Hall–Kier alpha value is -3.91. The van der Waals surface area contributed by atoms with E-state index in [1.165, 1.54) is 0 Å². The summed E-state index contributed by atoms with van der Waals surface area (Å²) in [7, 11) is 0. The van der Waals surface area contributed by atoms with Gasteiger partial charge in [0.25, 0.3) is 0 Å². The summed E-state index contributed by atoms with van der Waals surface area (Å²) in [5.74, 6) is 0.0118. The molecule has 5 rings (SSSR count). The predicted molar refractivity (Wildman–Crippen MR) is 118 cm³/mol. The molecule has 0 unspecified atom stereocenters. The van der Waals surface area contributed by atoms with E-state index in [9.17, 15) is 9.90 Å². The molecule has 29 heavy (non-hydrogen) atoms. The van der Waals surface area contributed by atoms with Crippen LogP contribution in [0.4, 0.5) is 0 Å². The Balaban J connectivity index is 1.96. The van der Waals surface area contributed by atoms with Crippen molar-refractivity contribution in [2.45, 2.75) is 0 Å². The lowest BCUT2D eigenvalue weighted by atomic mass is 9.91. The zero-order chi connectivity index (χ0) is 19.8. The summed E-state index contributed by atoms with van der Waals surface area (Å²) in [6.07, 6.45) is 0. The maximum Gasteiger partial charge on any atom is 0.193 e. The Kier molecular flexibility index (Phi) is 4.10. The van der Waals surface area contributed by atoms with Crippen LogP contribution in [0.15, 0.2) is 103 Å². The van der Waals surface area contributed by atoms with Gasteiger partial charge in [-0.15, -0.1) is 0 Å². The van der Waals surface area contributed by atoms with Crippen molar-refractivity contribution in [2.24, 2.45) is 0 Å². The number of aliphatic hydroxyl groups is 1. The maximum absolute atomic E-state index is 13.5. The van der Waals surface area contributed by atoms with Crippen molar-refractivity contribution in [1.29, 1.82) is 0 Å². The minimum Gasteiger partial charge on any atom is -0.507 e. The fourth-order valence-corrected chi connectivity index (χ4v) is 3.99. The molecule has 0 spiro atoms. The smallest absolute Gasteiger partial charge is 0.193 e. The van der Waals surface area contributed by atoms with Crippen molar-refractivity contribution in [3.05, 3.63) is 125 Å². The molecule has 0 saturated heterocycles. The van der Waals surface area contributed by atoms with Crippen molar-refractivity contribution >= 4 is 33.1 Å². The predicted octanol–water partition coefficient (Wildman–Crippen LogP) is 5.66. The van der Waals surface area contributed by atoms with Gasteiger partial charge >= 0.3 is 0 Å². The van der Waals surface area contributed by atoms with Crippen LogP contribution in [0.3, 0.4) is 0 Å². The van der Waals surface area contributed by atoms with Gasteiger partial charge in [0.15, 0.2) is 5.78 Å². The van der Waals surface area contributed by atoms with Crippen molar-refractivity contribution in [1.82, 2.24) is 0 Å². The van der Waals surface area contributed by atoms with E-state index in [0.717, 1.165) is 21.5 Å². The summed E-state index contributed by atoms with van der Waals surface area (Å²) in [6.45, 7) is 0. The van der Waals surface area contributed by atoms with Crippen LogP contribution in [-0.4, -0.2) is 10.9 Å². The average molecular weight is 374 g/mol. The second-order valence-electron chi connectivity index (χ2n) is 7.09. The molecule has 2 nitrogen and oxygen atoms in total. The Morgan fingerprint density at radius 2 is 1.21 bits per heavy atom. The van der Waals surface area contributed by atoms with Crippen LogP contribution in [-0.2, 0) is 0 Å². The third-order valence-electron chi connectivity index (χ3n) is 5.34. The number of hydrogen-bond acceptors (Lipinski definition) is 2. The first-order valence-electron chi connectivity index (χ1n) is 9.56. The van der Waals surface area contributed by atoms with Crippen LogP contribution in [0.2, 0.25) is 0 Å². The van der Waals surface area contributed by atoms with Gasteiger partial charge in [0.1, 0.15) is 5.76 Å². The van der Waals surface area contributed by atoms with Crippen molar-refractivity contribution in [2.75, 3.05) is 0 Å². The Bertz CT molecular complexity index is 1400. The highest BCUT2D eigenvalue weighted by Crippen LogP contribution is 2.27. The number of rotatable bonds is 3. The zero-order valence-electron chi connectivity index (χ0n) is 15.7. The Morgan fingerprint density at radius 3 is 1.90 bits per heavy atom. The van der Waals surface area contributed by atoms with Gasteiger partial charge in [0.2, 0.25) is 0 Å². The van der Waals surface area contributed by atoms with Crippen molar-refractivity contribution in [3.63, 3.8) is 0 Å². The lowest BCUT2D eigenvalue weighted by Gasteiger charge is -2.13. The number of aliphatic hydroxyl groups excluding tert-OH is 1. The quantitative estimate of drug-likeness (QED) is 0.414. The molecule has 0 aliphatic heterocycles. The molecule has 2 heteroatoms. The standard InChI is InChI=1S/C27H18O2/c28-26(19-9-3-1-4-10-19)23-17-21-15-7-13-18-14-8-16-22(24(18)21)25(23)27(29)20-11-5-2-6-12-20/h1-17,29H. The van der Waals surface area contributed by atoms with Crippen LogP contribution >= 0.6 is 0 Å². The molecule has 0 aliphatic rings. The number of carbonyl (C=O) groups is 1. The molecular formula is C27H18O2. The van der Waals surface area contributed by atoms with Crippen LogP contribution in [0, 0.1) is 0 Å². The molecule has 5 aromatic carbocycles. The average Bonchev–Trinajstić information content (AvgIpc) is 2.79. The summed E-state index contributed by atoms with van der Waals surface area (Å²) in [6, 6.07) is 32.5. The van der Waals surface area contributed by atoms with Crippen molar-refractivity contribution < 1.29 is 9.90 Å². The number of ketones is 1. The Labute approximate surface area is 168 Å². The van der Waals surface area contributed by atoms with Gasteiger partial charge in [-0.3, -0.25) is 4.79 Å². The van der Waals surface area contributed by atoms with Crippen LogP contribution < -0.4 is 5.22 Å². The number of carbonyl (C=O) groups excluding carboxylic acids is 1. The third-order valence-corrected chi connectivity index (χ3v) is 5.34. The fourth-order valence-electron chi connectivity index (χ4n) is 3.99. The number of hydrogen-bond donors (Lipinski definition) is 1. The molecule has 0 aliphatic carbocycles. The second-order valence-corrected chi connectivity index (χ2v) is 7.09. The van der Waals surface area contributed by atoms with Gasteiger partial charge in [-0.2, -0.15) is 0 Å². The van der Waals surface area contributed by atoms with E-state index in [1.807, 2.05) is 78.9 Å². The molecule has 0 aromatic heterocycles. The zero-order valence-corrected chi connectivity index (χ0v) is 15.7. The summed E-state index contributed by atoms with van der Waals surface area (Å²) in [4.78, 5) is 13.5. The molecule has 0 bridgehead atoms. The first kappa shape index (κ1) is 17.2. The van der Waals surface area contributed by atoms with Gasteiger partial charge in [-0.05, 0) is 27.6 Å². The van der Waals surface area contributed by atoms with Gasteiger partial charge in [-0.1, -0.05) is 97.1 Å². The third kappa shape index (κ3) is 2.86. The topological polar surface area (TPSA) is 37.3 Å². The first-order chi connectivity index (χ1) is 14.2. The van der Waals surface area contributed by atoms with E-state index >= 15 is 0 Å². The van der Waals surface area contributed by atoms with Crippen LogP contribution in [0.25, 0.3) is 27.3 Å². The van der Waals surface area contributed by atoms with Crippen molar-refractivity contribution in [3.8, 4) is 0 Å². The molecule has 1 N–H and O–H groups in total. The van der Waals surface area contributed by atoms with Gasteiger partial charge in [0.05, 0.1) is 0 Å². The minimum atomic E-state index is -0.102. The molecule has 0 amide bonds. The fraction of sp³-hybridized carbons (Fsp3) is 0. The first-order valence-corrected chi connectivity index (χ1v) is 9.56. The monoisotopic (exact) mass is 374 g/mol. The van der Waals surface area contributed by atoms with E-state index in [4.69, 9.17) is 0 Å². The molecule has 0 heterocycles. The molecule has 0 fully saturated rings. The SMILES string of the molecule is O=C(c1ccccc1)c1cc2cccc3cccc(c1=C(O)c1ccccc1)c32. The van der Waals surface area contributed by atoms with Gasteiger partial charge < -0.3 is 5.11 Å². The van der Waals surface area contributed by atoms with Gasteiger partial charge in [0, 0.05) is 21.9 Å². The molecule has 138 valence electrons. The lowest BCUT2D eigenvalue weighted by molar-refractivity contribution is 0.103. The molecule has 5 aromatic rings. The Morgan fingerprint density at radius 1 is 0.621 bits per heavy atom.